The number of benzene rings is 1. The highest BCUT2D eigenvalue weighted by Crippen LogP contribution is 2.61. The van der Waals surface area contributed by atoms with Gasteiger partial charge >= 0.3 is 0 Å². The molecule has 0 bridgehead atoms. The largest absolute Gasteiger partial charge is 0.544 e. The van der Waals surface area contributed by atoms with Gasteiger partial charge in [0.1, 0.15) is 11.9 Å². The van der Waals surface area contributed by atoms with Crippen molar-refractivity contribution in [1.82, 2.24) is 0 Å². The van der Waals surface area contributed by atoms with E-state index in [2.05, 4.69) is 64.4 Å². The second kappa shape index (κ2) is 7.06. The molecule has 0 saturated heterocycles. The van der Waals surface area contributed by atoms with Crippen LogP contribution in [0, 0.1) is 17.3 Å². The monoisotopic (exact) mass is 430 g/mol. The van der Waals surface area contributed by atoms with Gasteiger partial charge in [-0.15, -0.1) is 0 Å². The molecule has 1 aromatic rings. The van der Waals surface area contributed by atoms with Gasteiger partial charge in [-0.1, -0.05) is 13.0 Å². The smallest absolute Gasteiger partial charge is 0.242 e. The van der Waals surface area contributed by atoms with E-state index in [1.54, 1.807) is 0 Å². The Morgan fingerprint density at radius 2 is 1.76 bits per heavy atom. The van der Waals surface area contributed by atoms with Crippen LogP contribution in [0.2, 0.25) is 39.3 Å². The maximum atomic E-state index is 13.0. The summed E-state index contributed by atoms with van der Waals surface area (Å²) in [6.45, 7) is 15.7. The Morgan fingerprint density at radius 1 is 1.03 bits per heavy atom. The number of Topliss-reactive ketones (excluding diaryl/α,β-unsaturated/α-hetero) is 1. The van der Waals surface area contributed by atoms with Gasteiger partial charge in [0.15, 0.2) is 14.1 Å². The number of hydrogen-bond acceptors (Lipinski definition) is 3. The van der Waals surface area contributed by atoms with Crippen molar-refractivity contribution in [2.45, 2.75) is 90.3 Å². The zero-order valence-corrected chi connectivity index (χ0v) is 21.3. The minimum atomic E-state index is -1.75. The number of ketones is 1. The molecular weight excluding hydrogens is 392 g/mol. The lowest BCUT2D eigenvalue weighted by Gasteiger charge is -2.50. The van der Waals surface area contributed by atoms with Crippen molar-refractivity contribution >= 4 is 22.4 Å². The Kier molecular flexibility index (Phi) is 5.19. The maximum absolute atomic E-state index is 13.0. The molecule has 0 aliphatic heterocycles. The van der Waals surface area contributed by atoms with Gasteiger partial charge in [0.05, 0.1) is 0 Å². The average molecular weight is 431 g/mol. The minimum absolute atomic E-state index is 0.0247. The zero-order chi connectivity index (χ0) is 21.2. The van der Waals surface area contributed by atoms with Crippen LogP contribution in [0.4, 0.5) is 0 Å². The predicted molar refractivity (Wildman–Crippen MR) is 124 cm³/mol. The summed E-state index contributed by atoms with van der Waals surface area (Å²) >= 11 is 0. The summed E-state index contributed by atoms with van der Waals surface area (Å²) < 4.78 is 12.7. The van der Waals surface area contributed by atoms with Crippen LogP contribution in [0.25, 0.3) is 0 Å². The van der Waals surface area contributed by atoms with Gasteiger partial charge in [-0.05, 0) is 106 Å². The van der Waals surface area contributed by atoms with Crippen molar-refractivity contribution in [3.8, 4) is 5.75 Å². The van der Waals surface area contributed by atoms with Crippen LogP contribution in [0.3, 0.4) is 0 Å². The molecule has 3 nitrogen and oxygen atoms in total. The van der Waals surface area contributed by atoms with Crippen molar-refractivity contribution in [3.63, 3.8) is 0 Å². The Labute approximate surface area is 178 Å². The molecule has 0 amide bonds. The highest BCUT2D eigenvalue weighted by Gasteiger charge is 2.59. The molecule has 0 heterocycles. The normalized spacial score (nSPS) is 34.4. The van der Waals surface area contributed by atoms with E-state index in [1.165, 1.54) is 24.0 Å². The van der Waals surface area contributed by atoms with Crippen molar-refractivity contribution in [3.05, 3.63) is 29.3 Å². The SMILES string of the molecule is CC12CCC3c4ccc(O[Si](C)(C)C)cc4CCC3C1CC(=O)C2O[Si](C)(C)C. The molecule has 5 heteroatoms. The molecule has 29 heavy (non-hydrogen) atoms. The molecule has 160 valence electrons. The molecule has 0 aromatic heterocycles. The molecule has 3 aliphatic carbocycles. The first-order valence-electron chi connectivity index (χ1n) is 11.4. The summed E-state index contributed by atoms with van der Waals surface area (Å²) in [4.78, 5) is 13.0. The summed E-state index contributed by atoms with van der Waals surface area (Å²) in [6, 6.07) is 6.82. The van der Waals surface area contributed by atoms with Crippen LogP contribution in [0.1, 0.15) is 49.7 Å². The third-order valence-electron chi connectivity index (χ3n) is 7.34. The Balaban J connectivity index is 1.59. The Morgan fingerprint density at radius 3 is 2.41 bits per heavy atom. The molecule has 4 rings (SSSR count). The quantitative estimate of drug-likeness (QED) is 0.537. The number of fused-ring (bicyclic) bond motifs is 5. The molecule has 1 aromatic carbocycles. The first-order chi connectivity index (χ1) is 13.4. The lowest BCUT2D eigenvalue weighted by atomic mass is 9.55. The van der Waals surface area contributed by atoms with Gasteiger partial charge in [0.25, 0.3) is 0 Å². The van der Waals surface area contributed by atoms with Gasteiger partial charge in [-0.25, -0.2) is 0 Å². The van der Waals surface area contributed by atoms with E-state index in [0.717, 1.165) is 25.0 Å². The topological polar surface area (TPSA) is 35.5 Å². The molecule has 0 N–H and O–H groups in total. The number of carbonyl (C=O) groups excluding carboxylic acids is 1. The first kappa shape index (κ1) is 21.3. The van der Waals surface area contributed by atoms with Crippen LogP contribution in [0.15, 0.2) is 18.2 Å². The molecule has 2 fully saturated rings. The molecule has 0 radical (unpaired) electrons. The van der Waals surface area contributed by atoms with Gasteiger partial charge in [0, 0.05) is 11.8 Å². The second-order valence-corrected chi connectivity index (χ2v) is 20.7. The van der Waals surface area contributed by atoms with Crippen LogP contribution in [0.5, 0.6) is 5.75 Å². The molecule has 3 aliphatic rings. The zero-order valence-electron chi connectivity index (χ0n) is 19.3. The predicted octanol–water partition coefficient (Wildman–Crippen LogP) is 6.16. The third kappa shape index (κ3) is 4.02. The summed E-state index contributed by atoms with van der Waals surface area (Å²) in [7, 11) is -3.33. The standard InChI is InChI=1S/C24H38O3Si2/c1-24-13-12-19-18-11-9-17(26-28(2,3)4)14-16(18)8-10-20(19)21(24)15-22(25)23(24)27-29(5,6)7/h9,11,14,19-21,23H,8,10,12-13,15H2,1-7H3. The van der Waals surface area contributed by atoms with E-state index >= 15 is 0 Å². The lowest BCUT2D eigenvalue weighted by Crippen LogP contribution is -2.48. The van der Waals surface area contributed by atoms with Crippen molar-refractivity contribution in [1.29, 1.82) is 0 Å². The van der Waals surface area contributed by atoms with Crippen molar-refractivity contribution in [2.75, 3.05) is 0 Å². The van der Waals surface area contributed by atoms with Gasteiger partial charge < -0.3 is 8.85 Å². The van der Waals surface area contributed by atoms with Gasteiger partial charge in [-0.2, -0.15) is 0 Å². The summed E-state index contributed by atoms with van der Waals surface area (Å²) in [5.41, 5.74) is 3.02. The van der Waals surface area contributed by atoms with Crippen LogP contribution in [-0.2, 0) is 15.6 Å². The van der Waals surface area contributed by atoms with Crippen LogP contribution < -0.4 is 4.43 Å². The molecule has 0 spiro atoms. The summed E-state index contributed by atoms with van der Waals surface area (Å²) in [5, 5.41) is 0. The third-order valence-corrected chi connectivity index (χ3v) is 9.13. The number of rotatable bonds is 4. The Bertz CT molecular complexity index is 807. The van der Waals surface area contributed by atoms with Crippen LogP contribution in [-0.4, -0.2) is 28.5 Å². The van der Waals surface area contributed by atoms with Gasteiger partial charge in [0.2, 0.25) is 8.32 Å². The van der Waals surface area contributed by atoms with E-state index in [-0.39, 0.29) is 11.5 Å². The fourth-order valence-corrected chi connectivity index (χ4v) is 8.22. The van der Waals surface area contributed by atoms with E-state index in [4.69, 9.17) is 8.85 Å². The van der Waals surface area contributed by atoms with E-state index < -0.39 is 16.6 Å². The fourth-order valence-electron chi connectivity index (χ4n) is 6.28. The summed E-state index contributed by atoms with van der Waals surface area (Å²) in [6.07, 6.45) is 5.14. The highest BCUT2D eigenvalue weighted by atomic mass is 28.4. The first-order valence-corrected chi connectivity index (χ1v) is 18.2. The van der Waals surface area contributed by atoms with E-state index in [0.29, 0.717) is 23.5 Å². The molecule has 5 unspecified atom stereocenters. The second-order valence-electron chi connectivity index (χ2n) is 11.8. The molecule has 2 saturated carbocycles. The number of aryl methyl sites for hydroxylation is 1. The number of carbonyl (C=O) groups is 1. The highest BCUT2D eigenvalue weighted by molar-refractivity contribution is 6.70. The van der Waals surface area contributed by atoms with Crippen LogP contribution >= 0.6 is 0 Å². The average Bonchev–Trinajstić information content (AvgIpc) is 2.83. The van der Waals surface area contributed by atoms with Gasteiger partial charge in [-0.3, -0.25) is 4.79 Å². The fraction of sp³-hybridized carbons (Fsp3) is 0.708. The molecule has 5 atom stereocenters. The summed E-state index contributed by atoms with van der Waals surface area (Å²) in [5.74, 6) is 3.09. The van der Waals surface area contributed by atoms with Crippen molar-refractivity contribution < 1.29 is 13.6 Å². The minimum Gasteiger partial charge on any atom is -0.544 e. The van der Waals surface area contributed by atoms with E-state index in [9.17, 15) is 4.79 Å². The lowest BCUT2D eigenvalue weighted by molar-refractivity contribution is -0.126. The number of hydrogen-bond donors (Lipinski definition) is 0. The van der Waals surface area contributed by atoms with E-state index in [1.807, 2.05) is 0 Å². The Hall–Kier alpha value is -0.916. The molecular formula is C24H38O3Si2. The van der Waals surface area contributed by atoms with Crippen molar-refractivity contribution in [2.24, 2.45) is 17.3 Å². The maximum Gasteiger partial charge on any atom is 0.242 e.